The van der Waals surface area contributed by atoms with Gasteiger partial charge < -0.3 is 23.9 Å². The average Bonchev–Trinajstić information content (AvgIpc) is 3.10. The topological polar surface area (TPSA) is 65.7 Å². The van der Waals surface area contributed by atoms with E-state index in [1.807, 2.05) is 48.5 Å². The van der Waals surface area contributed by atoms with Gasteiger partial charge in [0, 0.05) is 12.3 Å². The molecule has 1 aromatic heterocycles. The molecule has 0 bridgehead atoms. The van der Waals surface area contributed by atoms with E-state index in [0.717, 1.165) is 21.8 Å². The number of aromatic nitrogens is 2. The van der Waals surface area contributed by atoms with Gasteiger partial charge in [-0.25, -0.2) is 4.98 Å². The molecule has 0 saturated carbocycles. The smallest absolute Gasteiger partial charge is 0.169 e. The van der Waals surface area contributed by atoms with Gasteiger partial charge in [-0.1, -0.05) is 36.0 Å². The molecule has 0 fully saturated rings. The maximum atomic E-state index is 10.3. The monoisotopic (exact) mass is 414 g/mol. The maximum absolute atomic E-state index is 10.3. The molecule has 29 heavy (non-hydrogen) atoms. The molecule has 0 aliphatic carbocycles. The van der Waals surface area contributed by atoms with Crippen molar-refractivity contribution in [2.75, 3.05) is 26.6 Å². The first-order chi connectivity index (χ1) is 14.2. The molecule has 1 unspecified atom stereocenters. The molecule has 6 nitrogen and oxygen atoms in total. The number of para-hydroxylation sites is 2. The van der Waals surface area contributed by atoms with Crippen molar-refractivity contribution in [3.8, 4) is 11.5 Å². The molecule has 1 atom stereocenters. The molecule has 0 radical (unpaired) electrons. The van der Waals surface area contributed by atoms with Gasteiger partial charge in [0.25, 0.3) is 0 Å². The van der Waals surface area contributed by atoms with Crippen molar-refractivity contribution in [3.63, 3.8) is 0 Å². The summed E-state index contributed by atoms with van der Waals surface area (Å²) in [4.78, 5) is 4.67. The Balaban J connectivity index is 1.53. The third-order valence-corrected chi connectivity index (χ3v) is 5.48. The van der Waals surface area contributed by atoms with Crippen LogP contribution < -0.4 is 9.47 Å². The van der Waals surface area contributed by atoms with Gasteiger partial charge in [-0.05, 0) is 29.8 Å². The minimum absolute atomic E-state index is 0.239. The first-order valence-corrected chi connectivity index (χ1v) is 10.3. The van der Waals surface area contributed by atoms with Crippen LogP contribution in [0.3, 0.4) is 0 Å². The zero-order chi connectivity index (χ0) is 20.6. The van der Waals surface area contributed by atoms with Gasteiger partial charge in [-0.3, -0.25) is 0 Å². The van der Waals surface area contributed by atoms with E-state index >= 15 is 0 Å². The number of aliphatic hydroxyl groups is 1. The van der Waals surface area contributed by atoms with Crippen LogP contribution in [0.25, 0.3) is 11.0 Å². The van der Waals surface area contributed by atoms with E-state index in [4.69, 9.17) is 14.2 Å². The second-order valence-electron chi connectivity index (χ2n) is 6.45. The van der Waals surface area contributed by atoms with Crippen LogP contribution in [0, 0.1) is 0 Å². The van der Waals surface area contributed by atoms with Crippen LogP contribution in [0.15, 0.2) is 60.3 Å². The van der Waals surface area contributed by atoms with E-state index in [2.05, 4.69) is 16.1 Å². The van der Waals surface area contributed by atoms with Crippen LogP contribution in [0.4, 0.5) is 0 Å². The standard InChI is InChI=1S/C22H26N2O4S/c1-4-11-24-19-8-6-5-7-18(19)23-22(24)29-15-17(25)14-28-13-16-9-10-20(26-2)21(12-16)27-3/h4-10,12,17,25H,1,11,13-15H2,2-3H3. The first-order valence-electron chi connectivity index (χ1n) is 9.32. The van der Waals surface area contributed by atoms with E-state index < -0.39 is 6.10 Å². The molecule has 0 saturated heterocycles. The van der Waals surface area contributed by atoms with Crippen LogP contribution in [-0.4, -0.2) is 47.3 Å². The number of aliphatic hydroxyl groups excluding tert-OH is 1. The Hall–Kier alpha value is -2.48. The number of imidazole rings is 1. The summed E-state index contributed by atoms with van der Waals surface area (Å²) in [6.45, 7) is 5.13. The molecule has 2 aromatic carbocycles. The number of fused-ring (bicyclic) bond motifs is 1. The predicted molar refractivity (Wildman–Crippen MR) is 116 cm³/mol. The van der Waals surface area contributed by atoms with Gasteiger partial charge in [0.2, 0.25) is 0 Å². The van der Waals surface area contributed by atoms with Gasteiger partial charge in [-0.15, -0.1) is 6.58 Å². The lowest BCUT2D eigenvalue weighted by molar-refractivity contribution is 0.0397. The molecular formula is C22H26N2O4S. The van der Waals surface area contributed by atoms with Crippen LogP contribution >= 0.6 is 11.8 Å². The van der Waals surface area contributed by atoms with E-state index in [1.165, 1.54) is 11.8 Å². The molecule has 0 amide bonds. The summed E-state index contributed by atoms with van der Waals surface area (Å²) in [6.07, 6.45) is 1.25. The van der Waals surface area contributed by atoms with Crippen molar-refractivity contribution in [2.45, 2.75) is 24.4 Å². The van der Waals surface area contributed by atoms with Crippen molar-refractivity contribution in [3.05, 3.63) is 60.7 Å². The molecule has 0 spiro atoms. The van der Waals surface area contributed by atoms with Gasteiger partial charge in [0.1, 0.15) is 0 Å². The number of methoxy groups -OCH3 is 2. The number of ether oxygens (including phenoxy) is 3. The van der Waals surface area contributed by atoms with Gasteiger partial charge in [0.15, 0.2) is 16.7 Å². The van der Waals surface area contributed by atoms with Crippen molar-refractivity contribution in [1.82, 2.24) is 9.55 Å². The molecule has 1 heterocycles. The normalized spacial score (nSPS) is 12.1. The Bertz CT molecular complexity index is 957. The Labute approximate surface area is 175 Å². The number of allylic oxidation sites excluding steroid dienone is 1. The fraction of sp³-hybridized carbons (Fsp3) is 0.318. The minimum atomic E-state index is -0.600. The summed E-state index contributed by atoms with van der Waals surface area (Å²) in [6, 6.07) is 13.6. The summed E-state index contributed by atoms with van der Waals surface area (Å²) in [5, 5.41) is 11.2. The fourth-order valence-corrected chi connectivity index (χ4v) is 3.90. The van der Waals surface area contributed by atoms with Gasteiger partial charge in [0.05, 0.1) is 44.6 Å². The largest absolute Gasteiger partial charge is 0.493 e. The number of nitrogens with zero attached hydrogens (tertiary/aromatic N) is 2. The molecular weight excluding hydrogens is 388 g/mol. The summed E-state index contributed by atoms with van der Waals surface area (Å²) in [5.74, 6) is 1.83. The SMILES string of the molecule is C=CCn1c(SCC(O)COCc2ccc(OC)c(OC)c2)nc2ccccc21. The van der Waals surface area contributed by atoms with Crippen LogP contribution in [0.5, 0.6) is 11.5 Å². The van der Waals surface area contributed by atoms with Gasteiger partial charge in [-0.2, -0.15) is 0 Å². The Morgan fingerprint density at radius 2 is 1.97 bits per heavy atom. The zero-order valence-corrected chi connectivity index (χ0v) is 17.5. The molecule has 0 aliphatic heterocycles. The van der Waals surface area contributed by atoms with E-state index in [-0.39, 0.29) is 6.61 Å². The minimum Gasteiger partial charge on any atom is -0.493 e. The molecule has 3 aromatic rings. The summed E-state index contributed by atoms with van der Waals surface area (Å²) < 4.78 is 18.3. The average molecular weight is 415 g/mol. The number of hydrogen-bond acceptors (Lipinski definition) is 6. The molecule has 7 heteroatoms. The highest BCUT2D eigenvalue weighted by Crippen LogP contribution is 2.28. The molecule has 0 aliphatic rings. The van der Waals surface area contributed by atoms with E-state index in [1.54, 1.807) is 14.2 Å². The quantitative estimate of drug-likeness (QED) is 0.379. The van der Waals surface area contributed by atoms with Crippen LogP contribution in [-0.2, 0) is 17.9 Å². The highest BCUT2D eigenvalue weighted by Gasteiger charge is 2.13. The van der Waals surface area contributed by atoms with E-state index in [9.17, 15) is 5.11 Å². The number of rotatable bonds is 11. The Morgan fingerprint density at radius 3 is 2.72 bits per heavy atom. The zero-order valence-electron chi connectivity index (χ0n) is 16.7. The Morgan fingerprint density at radius 1 is 1.17 bits per heavy atom. The second-order valence-corrected chi connectivity index (χ2v) is 7.44. The number of thioether (sulfide) groups is 1. The van der Waals surface area contributed by atoms with E-state index in [0.29, 0.717) is 30.4 Å². The first kappa shape index (κ1) is 21.2. The van der Waals surface area contributed by atoms with Crippen molar-refractivity contribution in [1.29, 1.82) is 0 Å². The third kappa shape index (κ3) is 5.32. The number of hydrogen-bond donors (Lipinski definition) is 1. The second kappa shape index (κ2) is 10.3. The summed E-state index contributed by atoms with van der Waals surface area (Å²) >= 11 is 1.52. The molecule has 1 N–H and O–H groups in total. The number of benzene rings is 2. The lowest BCUT2D eigenvalue weighted by Crippen LogP contribution is -2.18. The van der Waals surface area contributed by atoms with Crippen LogP contribution in [0.1, 0.15) is 5.56 Å². The van der Waals surface area contributed by atoms with Crippen molar-refractivity contribution >= 4 is 22.8 Å². The van der Waals surface area contributed by atoms with Gasteiger partial charge >= 0.3 is 0 Å². The van der Waals surface area contributed by atoms with Crippen LogP contribution in [0.2, 0.25) is 0 Å². The highest BCUT2D eigenvalue weighted by atomic mass is 32.2. The maximum Gasteiger partial charge on any atom is 0.169 e. The summed E-state index contributed by atoms with van der Waals surface area (Å²) in [7, 11) is 3.20. The lowest BCUT2D eigenvalue weighted by Gasteiger charge is -2.13. The molecule has 154 valence electrons. The molecule has 3 rings (SSSR count). The fourth-order valence-electron chi connectivity index (χ4n) is 2.97. The Kier molecular flexibility index (Phi) is 7.57. The lowest BCUT2D eigenvalue weighted by atomic mass is 10.2. The third-order valence-electron chi connectivity index (χ3n) is 4.36. The summed E-state index contributed by atoms with van der Waals surface area (Å²) in [5.41, 5.74) is 2.96. The van der Waals surface area contributed by atoms with Crippen molar-refractivity contribution < 1.29 is 19.3 Å². The highest BCUT2D eigenvalue weighted by molar-refractivity contribution is 7.99. The predicted octanol–water partition coefficient (Wildman–Crippen LogP) is 3.91. The van der Waals surface area contributed by atoms with Crippen molar-refractivity contribution in [2.24, 2.45) is 0 Å².